The summed E-state index contributed by atoms with van der Waals surface area (Å²) in [5.41, 5.74) is 3.83. The molecule has 1 N–H and O–H groups in total. The second-order valence-corrected chi connectivity index (χ2v) is 8.48. The molecule has 0 aliphatic rings. The Hall–Kier alpha value is -2.77. The molecule has 0 bridgehead atoms. The number of fused-ring (bicyclic) bond motifs is 1. The highest BCUT2D eigenvalue weighted by Gasteiger charge is 2.12. The van der Waals surface area contributed by atoms with Gasteiger partial charge in [0.05, 0.1) is 5.52 Å². The molecule has 0 aliphatic carbocycles. The third kappa shape index (κ3) is 4.22. The molecule has 0 fully saturated rings. The molecular weight excluding hydrogens is 420 g/mol. The van der Waals surface area contributed by atoms with Crippen LogP contribution in [0.5, 0.6) is 5.75 Å². The van der Waals surface area contributed by atoms with Gasteiger partial charge in [-0.2, -0.15) is 0 Å². The SMILES string of the molecule is Cc1ccc(C)c2c(=O)cc(CSc3nnc(COc4ccc(Cl)cc4)n3C)[nH]c12. The normalized spacial score (nSPS) is 11.2. The molecule has 0 aliphatic heterocycles. The number of nitrogens with one attached hydrogen (secondary N) is 1. The van der Waals surface area contributed by atoms with Crippen LogP contribution in [0.2, 0.25) is 5.02 Å². The summed E-state index contributed by atoms with van der Waals surface area (Å²) in [4.78, 5) is 16.0. The van der Waals surface area contributed by atoms with Crippen molar-refractivity contribution in [1.82, 2.24) is 19.7 Å². The topological polar surface area (TPSA) is 72.8 Å². The maximum absolute atomic E-state index is 12.6. The summed E-state index contributed by atoms with van der Waals surface area (Å²) in [5, 5.41) is 10.7. The first-order valence-electron chi connectivity index (χ1n) is 9.44. The molecule has 0 unspecified atom stereocenters. The van der Waals surface area contributed by atoms with Crippen molar-refractivity contribution in [1.29, 1.82) is 0 Å². The molecule has 154 valence electrons. The Balaban J connectivity index is 1.47. The van der Waals surface area contributed by atoms with Crippen LogP contribution >= 0.6 is 23.4 Å². The Morgan fingerprint density at radius 1 is 1.10 bits per heavy atom. The Morgan fingerprint density at radius 2 is 1.83 bits per heavy atom. The number of nitrogens with zero attached hydrogens (tertiary/aromatic N) is 3. The fourth-order valence-electron chi connectivity index (χ4n) is 3.21. The monoisotopic (exact) mass is 440 g/mol. The van der Waals surface area contributed by atoms with Gasteiger partial charge in [0.1, 0.15) is 12.4 Å². The third-order valence-corrected chi connectivity index (χ3v) is 6.24. The Labute approximate surface area is 183 Å². The molecule has 0 radical (unpaired) electrons. The van der Waals surface area contributed by atoms with Crippen molar-refractivity contribution in [3.05, 3.63) is 80.4 Å². The first-order valence-corrected chi connectivity index (χ1v) is 10.8. The summed E-state index contributed by atoms with van der Waals surface area (Å²) < 4.78 is 7.65. The summed E-state index contributed by atoms with van der Waals surface area (Å²) in [6, 6.07) is 12.9. The summed E-state index contributed by atoms with van der Waals surface area (Å²) in [6.07, 6.45) is 0. The van der Waals surface area contributed by atoms with Crippen molar-refractivity contribution in [2.24, 2.45) is 7.05 Å². The number of aromatic nitrogens is 4. The number of hydrogen-bond acceptors (Lipinski definition) is 5. The predicted molar refractivity (Wildman–Crippen MR) is 120 cm³/mol. The van der Waals surface area contributed by atoms with E-state index in [-0.39, 0.29) is 5.43 Å². The summed E-state index contributed by atoms with van der Waals surface area (Å²) in [6.45, 7) is 4.26. The van der Waals surface area contributed by atoms with Crippen LogP contribution in [-0.2, 0) is 19.4 Å². The van der Waals surface area contributed by atoms with E-state index in [1.54, 1.807) is 18.2 Å². The van der Waals surface area contributed by atoms with E-state index in [9.17, 15) is 4.79 Å². The minimum absolute atomic E-state index is 0.0376. The average Bonchev–Trinajstić information content (AvgIpc) is 3.08. The van der Waals surface area contributed by atoms with Gasteiger partial charge in [0, 0.05) is 35.0 Å². The van der Waals surface area contributed by atoms with E-state index in [1.807, 2.05) is 49.7 Å². The van der Waals surface area contributed by atoms with Crippen LogP contribution in [-0.4, -0.2) is 19.7 Å². The van der Waals surface area contributed by atoms with Crippen LogP contribution in [0.15, 0.2) is 52.4 Å². The lowest BCUT2D eigenvalue weighted by Gasteiger charge is -2.09. The van der Waals surface area contributed by atoms with Gasteiger partial charge in [-0.05, 0) is 49.2 Å². The molecule has 6 nitrogen and oxygen atoms in total. The first kappa shape index (κ1) is 20.5. The second kappa shape index (κ2) is 8.53. The molecule has 0 saturated heterocycles. The second-order valence-electron chi connectivity index (χ2n) is 7.10. The zero-order valence-corrected chi connectivity index (χ0v) is 18.5. The van der Waals surface area contributed by atoms with Gasteiger partial charge < -0.3 is 14.3 Å². The molecule has 0 amide bonds. The van der Waals surface area contributed by atoms with Crippen molar-refractivity contribution < 1.29 is 4.74 Å². The number of H-pyrrole nitrogens is 1. The molecule has 0 spiro atoms. The van der Waals surface area contributed by atoms with E-state index in [2.05, 4.69) is 15.2 Å². The molecule has 4 aromatic rings. The van der Waals surface area contributed by atoms with Crippen molar-refractivity contribution in [2.75, 3.05) is 0 Å². The van der Waals surface area contributed by atoms with Gasteiger partial charge in [-0.1, -0.05) is 35.5 Å². The van der Waals surface area contributed by atoms with Gasteiger partial charge in [0.25, 0.3) is 0 Å². The standard InChI is InChI=1S/C22H21ClN4O2S/c1-13-4-5-14(2)21-20(13)18(28)10-16(24-21)12-30-22-26-25-19(27(22)3)11-29-17-8-6-15(23)7-9-17/h4-10H,11-12H2,1-3H3,(H,24,28). The van der Waals surface area contributed by atoms with E-state index >= 15 is 0 Å². The maximum Gasteiger partial charge on any atom is 0.191 e. The van der Waals surface area contributed by atoms with Crippen LogP contribution in [0.4, 0.5) is 0 Å². The Kier molecular flexibility index (Phi) is 5.83. The van der Waals surface area contributed by atoms with Crippen LogP contribution in [0.25, 0.3) is 10.9 Å². The molecule has 2 aromatic carbocycles. The zero-order chi connectivity index (χ0) is 21.3. The number of pyridine rings is 1. The number of aromatic amines is 1. The fraction of sp³-hybridized carbons (Fsp3) is 0.227. The molecule has 0 saturated carbocycles. The number of thioether (sulfide) groups is 1. The highest BCUT2D eigenvalue weighted by molar-refractivity contribution is 7.98. The number of aryl methyl sites for hydroxylation is 2. The van der Waals surface area contributed by atoms with Crippen molar-refractivity contribution in [3.63, 3.8) is 0 Å². The van der Waals surface area contributed by atoms with Gasteiger partial charge in [-0.3, -0.25) is 4.79 Å². The van der Waals surface area contributed by atoms with Crippen molar-refractivity contribution in [2.45, 2.75) is 31.4 Å². The lowest BCUT2D eigenvalue weighted by Crippen LogP contribution is -2.07. The minimum atomic E-state index is 0.0376. The number of halogens is 1. The van der Waals surface area contributed by atoms with Crippen LogP contribution in [0, 0.1) is 13.8 Å². The van der Waals surface area contributed by atoms with Crippen LogP contribution < -0.4 is 10.2 Å². The number of rotatable bonds is 6. The third-order valence-electron chi connectivity index (χ3n) is 4.92. The lowest BCUT2D eigenvalue weighted by atomic mass is 10.0. The minimum Gasteiger partial charge on any atom is -0.486 e. The summed E-state index contributed by atoms with van der Waals surface area (Å²) in [5.74, 6) is 2.02. The number of ether oxygens (including phenoxy) is 1. The van der Waals surface area contributed by atoms with E-state index in [4.69, 9.17) is 16.3 Å². The van der Waals surface area contributed by atoms with E-state index in [1.165, 1.54) is 11.8 Å². The van der Waals surface area contributed by atoms with Gasteiger partial charge in [0.15, 0.2) is 16.4 Å². The van der Waals surface area contributed by atoms with Crippen LogP contribution in [0.3, 0.4) is 0 Å². The Morgan fingerprint density at radius 3 is 2.60 bits per heavy atom. The molecule has 2 heterocycles. The summed E-state index contributed by atoms with van der Waals surface area (Å²) >= 11 is 7.41. The van der Waals surface area contributed by atoms with Crippen molar-refractivity contribution in [3.8, 4) is 5.75 Å². The number of hydrogen-bond donors (Lipinski definition) is 1. The largest absolute Gasteiger partial charge is 0.486 e. The zero-order valence-electron chi connectivity index (χ0n) is 16.9. The fourth-order valence-corrected chi connectivity index (χ4v) is 4.18. The molecule has 2 aromatic heterocycles. The lowest BCUT2D eigenvalue weighted by molar-refractivity contribution is 0.290. The molecule has 4 rings (SSSR count). The highest BCUT2D eigenvalue weighted by Crippen LogP contribution is 2.23. The van der Waals surface area contributed by atoms with E-state index < -0.39 is 0 Å². The van der Waals surface area contributed by atoms with Gasteiger partial charge in [-0.15, -0.1) is 10.2 Å². The highest BCUT2D eigenvalue weighted by atomic mass is 35.5. The molecule has 8 heteroatoms. The van der Waals surface area contributed by atoms with E-state index in [0.717, 1.165) is 38.6 Å². The van der Waals surface area contributed by atoms with E-state index in [0.29, 0.717) is 23.2 Å². The Bertz CT molecular complexity index is 1260. The van der Waals surface area contributed by atoms with Gasteiger partial charge in [0.2, 0.25) is 0 Å². The average molecular weight is 441 g/mol. The molecule has 0 atom stereocenters. The summed E-state index contributed by atoms with van der Waals surface area (Å²) in [7, 11) is 1.90. The quantitative estimate of drug-likeness (QED) is 0.436. The number of benzene rings is 2. The van der Waals surface area contributed by atoms with Gasteiger partial charge in [-0.25, -0.2) is 0 Å². The predicted octanol–water partition coefficient (Wildman–Crippen LogP) is 4.80. The van der Waals surface area contributed by atoms with Gasteiger partial charge >= 0.3 is 0 Å². The smallest absolute Gasteiger partial charge is 0.191 e. The first-order chi connectivity index (χ1) is 14.4. The molecular formula is C22H21ClN4O2S. The van der Waals surface area contributed by atoms with Crippen LogP contribution in [0.1, 0.15) is 22.6 Å². The maximum atomic E-state index is 12.6. The molecule has 30 heavy (non-hydrogen) atoms. The van der Waals surface area contributed by atoms with Crippen molar-refractivity contribution >= 4 is 34.3 Å².